The van der Waals surface area contributed by atoms with E-state index in [-0.39, 0.29) is 12.0 Å². The molecule has 3 fully saturated rings. The zero-order chi connectivity index (χ0) is 17.9. The number of hydrogen-bond donors (Lipinski definition) is 1. The van der Waals surface area contributed by atoms with Crippen LogP contribution in [0, 0.1) is 5.92 Å². The Morgan fingerprint density at radius 2 is 2.04 bits per heavy atom. The number of nitrogens with zero attached hydrogens (tertiary/aromatic N) is 3. The molecule has 3 heterocycles. The molecule has 26 heavy (non-hydrogen) atoms. The lowest BCUT2D eigenvalue weighted by atomic mass is 10.1. The first-order valence-electron chi connectivity index (χ1n) is 9.98. The Bertz CT molecular complexity index is 626. The predicted octanol–water partition coefficient (Wildman–Crippen LogP) is 1.80. The molecule has 4 rings (SSSR count). The molecular weight excluding hydrogens is 328 g/mol. The fourth-order valence-electron chi connectivity index (χ4n) is 4.04. The van der Waals surface area contributed by atoms with Gasteiger partial charge in [-0.05, 0) is 44.7 Å². The summed E-state index contributed by atoms with van der Waals surface area (Å²) in [5, 5.41) is 3.08. The van der Waals surface area contributed by atoms with Crippen molar-refractivity contribution < 1.29 is 9.53 Å². The molecule has 142 valence electrons. The van der Waals surface area contributed by atoms with E-state index in [0.29, 0.717) is 19.1 Å². The molecule has 6 heteroatoms. The summed E-state index contributed by atoms with van der Waals surface area (Å²) < 4.78 is 6.05. The van der Waals surface area contributed by atoms with E-state index in [4.69, 9.17) is 4.74 Å². The summed E-state index contributed by atoms with van der Waals surface area (Å²) in [6, 6.07) is 4.01. The number of rotatable bonds is 6. The summed E-state index contributed by atoms with van der Waals surface area (Å²) >= 11 is 0. The van der Waals surface area contributed by atoms with E-state index in [2.05, 4.69) is 33.2 Å². The van der Waals surface area contributed by atoms with Crippen LogP contribution < -0.4 is 10.2 Å². The molecule has 6 nitrogen and oxygen atoms in total. The zero-order valence-electron chi connectivity index (χ0n) is 15.7. The maximum atomic E-state index is 12.4. The van der Waals surface area contributed by atoms with E-state index < -0.39 is 0 Å². The Morgan fingerprint density at radius 3 is 2.81 bits per heavy atom. The van der Waals surface area contributed by atoms with Crippen molar-refractivity contribution >= 4 is 11.7 Å². The van der Waals surface area contributed by atoms with Crippen LogP contribution in [0.1, 0.15) is 37.7 Å². The molecule has 1 aromatic heterocycles. The van der Waals surface area contributed by atoms with E-state index in [1.807, 2.05) is 12.3 Å². The quantitative estimate of drug-likeness (QED) is 0.840. The molecule has 0 spiro atoms. The van der Waals surface area contributed by atoms with Gasteiger partial charge in [-0.2, -0.15) is 0 Å². The highest BCUT2D eigenvalue weighted by atomic mass is 16.5. The summed E-state index contributed by atoms with van der Waals surface area (Å²) in [5.74, 6) is 1.86. The molecule has 1 amide bonds. The third-order valence-electron chi connectivity index (χ3n) is 5.85. The Balaban J connectivity index is 1.28. The van der Waals surface area contributed by atoms with Crippen LogP contribution in [-0.2, 0) is 16.1 Å². The third kappa shape index (κ3) is 4.35. The van der Waals surface area contributed by atoms with Crippen molar-refractivity contribution in [3.63, 3.8) is 0 Å². The maximum Gasteiger partial charge on any atom is 0.222 e. The molecule has 3 aliphatic rings. The lowest BCUT2D eigenvalue weighted by Gasteiger charge is -2.34. The number of carbonyl (C=O) groups excluding carboxylic acids is 1. The van der Waals surface area contributed by atoms with Crippen LogP contribution in [0.2, 0.25) is 0 Å². The van der Waals surface area contributed by atoms with Gasteiger partial charge in [0.05, 0.1) is 18.6 Å². The molecule has 0 radical (unpaired) electrons. The van der Waals surface area contributed by atoms with Crippen molar-refractivity contribution in [3.05, 3.63) is 23.9 Å². The van der Waals surface area contributed by atoms with Gasteiger partial charge in [0.15, 0.2) is 0 Å². The molecule has 2 saturated heterocycles. The zero-order valence-corrected chi connectivity index (χ0v) is 15.7. The molecule has 0 aromatic carbocycles. The molecule has 1 saturated carbocycles. The second-order valence-electron chi connectivity index (χ2n) is 7.97. The SMILES string of the molecule is CN1CCN(c2ncccc2CNC(=O)CC2CCC(C3CC3)O2)CC1. The summed E-state index contributed by atoms with van der Waals surface area (Å²) in [7, 11) is 2.15. The topological polar surface area (TPSA) is 57.7 Å². The number of nitrogens with one attached hydrogen (secondary N) is 1. The Labute approximate surface area is 155 Å². The molecule has 2 unspecified atom stereocenters. The van der Waals surface area contributed by atoms with Crippen molar-refractivity contribution in [1.29, 1.82) is 0 Å². The van der Waals surface area contributed by atoms with Crippen molar-refractivity contribution in [2.24, 2.45) is 5.92 Å². The minimum Gasteiger partial charge on any atom is -0.374 e. The number of piperazine rings is 1. The minimum absolute atomic E-state index is 0.0830. The summed E-state index contributed by atoms with van der Waals surface area (Å²) in [6.07, 6.45) is 7.59. The maximum absolute atomic E-state index is 12.4. The molecular formula is C20H30N4O2. The van der Waals surface area contributed by atoms with Crippen LogP contribution in [0.4, 0.5) is 5.82 Å². The average Bonchev–Trinajstić information content (AvgIpc) is 3.41. The van der Waals surface area contributed by atoms with Gasteiger partial charge >= 0.3 is 0 Å². The van der Waals surface area contributed by atoms with Gasteiger partial charge in [0.2, 0.25) is 5.91 Å². The van der Waals surface area contributed by atoms with Crippen LogP contribution >= 0.6 is 0 Å². The highest BCUT2D eigenvalue weighted by molar-refractivity contribution is 5.76. The monoisotopic (exact) mass is 358 g/mol. The first kappa shape index (κ1) is 17.7. The highest BCUT2D eigenvalue weighted by Gasteiger charge is 2.38. The largest absolute Gasteiger partial charge is 0.374 e. The van der Waals surface area contributed by atoms with Crippen LogP contribution in [0.5, 0.6) is 0 Å². The number of amides is 1. The van der Waals surface area contributed by atoms with Gasteiger partial charge < -0.3 is 19.9 Å². The molecule has 2 aliphatic heterocycles. The number of hydrogen-bond acceptors (Lipinski definition) is 5. The van der Waals surface area contributed by atoms with Gasteiger partial charge in [0.25, 0.3) is 0 Å². The van der Waals surface area contributed by atoms with Crippen molar-refractivity contribution in [3.8, 4) is 0 Å². The standard InChI is InChI=1S/C20H30N4O2/c1-23-9-11-24(12-10-23)20-16(3-2-8-21-20)14-22-19(25)13-17-6-7-18(26-17)15-4-5-15/h2-3,8,15,17-18H,4-7,9-14H2,1H3,(H,22,25). The molecule has 1 aliphatic carbocycles. The van der Waals surface area contributed by atoms with E-state index in [1.54, 1.807) is 0 Å². The van der Waals surface area contributed by atoms with E-state index in [9.17, 15) is 4.79 Å². The van der Waals surface area contributed by atoms with E-state index in [0.717, 1.165) is 56.3 Å². The highest BCUT2D eigenvalue weighted by Crippen LogP contribution is 2.40. The molecule has 1 N–H and O–H groups in total. The number of pyridine rings is 1. The first-order chi connectivity index (χ1) is 12.7. The third-order valence-corrected chi connectivity index (χ3v) is 5.85. The fraction of sp³-hybridized carbons (Fsp3) is 0.700. The van der Waals surface area contributed by atoms with Gasteiger partial charge in [-0.1, -0.05) is 6.07 Å². The Morgan fingerprint density at radius 1 is 1.23 bits per heavy atom. The van der Waals surface area contributed by atoms with E-state index in [1.165, 1.54) is 12.8 Å². The summed E-state index contributed by atoms with van der Waals surface area (Å²) in [4.78, 5) is 21.6. The van der Waals surface area contributed by atoms with Crippen molar-refractivity contribution in [2.45, 2.75) is 50.9 Å². The number of anilines is 1. The van der Waals surface area contributed by atoms with Crippen LogP contribution in [-0.4, -0.2) is 61.2 Å². The lowest BCUT2D eigenvalue weighted by molar-refractivity contribution is -0.124. The molecule has 2 atom stereocenters. The number of likely N-dealkylation sites (N-methyl/N-ethyl adjacent to an activating group) is 1. The van der Waals surface area contributed by atoms with Gasteiger partial charge in [-0.15, -0.1) is 0 Å². The minimum atomic E-state index is 0.0830. The van der Waals surface area contributed by atoms with Gasteiger partial charge in [-0.3, -0.25) is 4.79 Å². The normalized spacial score (nSPS) is 26.9. The van der Waals surface area contributed by atoms with E-state index >= 15 is 0 Å². The van der Waals surface area contributed by atoms with Gasteiger partial charge in [0.1, 0.15) is 5.82 Å². The number of ether oxygens (including phenoxy) is 1. The van der Waals surface area contributed by atoms with Crippen LogP contribution in [0.3, 0.4) is 0 Å². The molecule has 1 aromatic rings. The fourth-order valence-corrected chi connectivity index (χ4v) is 4.04. The van der Waals surface area contributed by atoms with Crippen LogP contribution in [0.15, 0.2) is 18.3 Å². The summed E-state index contributed by atoms with van der Waals surface area (Å²) in [5.41, 5.74) is 1.09. The number of aromatic nitrogens is 1. The second-order valence-corrected chi connectivity index (χ2v) is 7.97. The first-order valence-corrected chi connectivity index (χ1v) is 9.98. The average molecular weight is 358 g/mol. The Kier molecular flexibility index (Phi) is 5.41. The lowest BCUT2D eigenvalue weighted by Crippen LogP contribution is -2.45. The number of carbonyl (C=O) groups is 1. The van der Waals surface area contributed by atoms with Crippen molar-refractivity contribution in [1.82, 2.24) is 15.2 Å². The van der Waals surface area contributed by atoms with Gasteiger partial charge in [-0.25, -0.2) is 4.98 Å². The van der Waals surface area contributed by atoms with Crippen LogP contribution in [0.25, 0.3) is 0 Å². The smallest absolute Gasteiger partial charge is 0.222 e. The van der Waals surface area contributed by atoms with Gasteiger partial charge in [0, 0.05) is 44.5 Å². The van der Waals surface area contributed by atoms with Crippen molar-refractivity contribution in [2.75, 3.05) is 38.1 Å². The Hall–Kier alpha value is -1.66. The molecule has 0 bridgehead atoms. The predicted molar refractivity (Wildman–Crippen MR) is 101 cm³/mol. The summed E-state index contributed by atoms with van der Waals surface area (Å²) in [6.45, 7) is 4.58. The second kappa shape index (κ2) is 7.92.